The van der Waals surface area contributed by atoms with E-state index in [1.54, 1.807) is 37.3 Å². The molecule has 2 amide bonds. The fraction of sp³-hybridized carbons (Fsp3) is 0.320. The third-order valence-corrected chi connectivity index (χ3v) is 4.22. The summed E-state index contributed by atoms with van der Waals surface area (Å²) in [5.74, 6) is -0.255. The van der Waals surface area contributed by atoms with E-state index in [1.165, 1.54) is 0 Å². The summed E-state index contributed by atoms with van der Waals surface area (Å²) in [6.45, 7) is 6.79. The number of hydrogen-bond donors (Lipinski definition) is 2. The van der Waals surface area contributed by atoms with Crippen LogP contribution in [0.4, 0.5) is 0 Å². The van der Waals surface area contributed by atoms with Crippen LogP contribution in [0.2, 0.25) is 0 Å². The lowest BCUT2D eigenvalue weighted by Crippen LogP contribution is -2.36. The first-order chi connectivity index (χ1) is 15.4. The monoisotopic (exact) mass is 438 g/mol. The van der Waals surface area contributed by atoms with Gasteiger partial charge in [0, 0.05) is 12.1 Å². The van der Waals surface area contributed by atoms with E-state index in [0.29, 0.717) is 23.8 Å². The molecule has 7 nitrogen and oxygen atoms in total. The van der Waals surface area contributed by atoms with Gasteiger partial charge in [0.1, 0.15) is 11.4 Å². The van der Waals surface area contributed by atoms with E-state index in [0.717, 1.165) is 5.56 Å². The van der Waals surface area contributed by atoms with Crippen molar-refractivity contribution in [1.82, 2.24) is 10.6 Å². The molecule has 2 N–H and O–H groups in total. The molecule has 0 spiro atoms. The minimum atomic E-state index is -0.497. The summed E-state index contributed by atoms with van der Waals surface area (Å²) in [5.41, 5.74) is 1.21. The summed E-state index contributed by atoms with van der Waals surface area (Å²) in [4.78, 5) is 36.9. The molecular formula is C25H30N2O5. The van der Waals surface area contributed by atoms with Crippen molar-refractivity contribution in [3.63, 3.8) is 0 Å². The summed E-state index contributed by atoms with van der Waals surface area (Å²) in [6.07, 6.45) is 1.63. The third-order valence-electron chi connectivity index (χ3n) is 4.22. The molecule has 0 aliphatic carbocycles. The quantitative estimate of drug-likeness (QED) is 0.413. The van der Waals surface area contributed by atoms with Gasteiger partial charge in [-0.1, -0.05) is 44.2 Å². The molecule has 0 radical (unpaired) electrons. The van der Waals surface area contributed by atoms with Crippen molar-refractivity contribution in [3.05, 3.63) is 71.4 Å². The highest BCUT2D eigenvalue weighted by Crippen LogP contribution is 2.14. The number of benzene rings is 2. The first-order valence-electron chi connectivity index (χ1n) is 10.6. The Balaban J connectivity index is 2.08. The summed E-state index contributed by atoms with van der Waals surface area (Å²) in [6, 6.07) is 15.9. The van der Waals surface area contributed by atoms with Gasteiger partial charge in [-0.25, -0.2) is 0 Å². The van der Waals surface area contributed by atoms with Crippen LogP contribution in [0.25, 0.3) is 6.08 Å². The number of esters is 1. The van der Waals surface area contributed by atoms with Gasteiger partial charge in [-0.3, -0.25) is 14.4 Å². The maximum Gasteiger partial charge on any atom is 0.307 e. The number of ether oxygens (including phenoxy) is 2. The van der Waals surface area contributed by atoms with Gasteiger partial charge in [-0.2, -0.15) is 0 Å². The highest BCUT2D eigenvalue weighted by Gasteiger charge is 2.15. The normalized spacial score (nSPS) is 11.1. The lowest BCUT2D eigenvalue weighted by molar-refractivity contribution is -0.143. The Bertz CT molecular complexity index is 921. The Kier molecular flexibility index (Phi) is 9.97. The Hall–Kier alpha value is -3.61. The van der Waals surface area contributed by atoms with Gasteiger partial charge in [-0.15, -0.1) is 0 Å². The number of rotatable bonds is 11. The van der Waals surface area contributed by atoms with Crippen molar-refractivity contribution in [2.45, 2.75) is 27.2 Å². The third kappa shape index (κ3) is 8.63. The average Bonchev–Trinajstić information content (AvgIpc) is 2.78. The average molecular weight is 439 g/mol. The van der Waals surface area contributed by atoms with Crippen LogP contribution >= 0.6 is 0 Å². The Morgan fingerprint density at radius 1 is 1.00 bits per heavy atom. The minimum absolute atomic E-state index is 0.0456. The maximum absolute atomic E-state index is 12.7. The Morgan fingerprint density at radius 2 is 1.69 bits per heavy atom. The van der Waals surface area contributed by atoms with Gasteiger partial charge >= 0.3 is 5.97 Å². The number of carbonyl (C=O) groups excluding carboxylic acids is 3. The van der Waals surface area contributed by atoms with Crippen LogP contribution in [0, 0.1) is 5.92 Å². The van der Waals surface area contributed by atoms with Crippen molar-refractivity contribution in [1.29, 1.82) is 0 Å². The lowest BCUT2D eigenvalue weighted by Gasteiger charge is -2.12. The van der Waals surface area contributed by atoms with Gasteiger partial charge in [0.15, 0.2) is 0 Å². The zero-order chi connectivity index (χ0) is 23.3. The smallest absolute Gasteiger partial charge is 0.307 e. The van der Waals surface area contributed by atoms with Crippen LogP contribution in [-0.4, -0.2) is 37.5 Å². The van der Waals surface area contributed by atoms with Crippen molar-refractivity contribution in [3.8, 4) is 5.75 Å². The first kappa shape index (κ1) is 24.7. The largest absolute Gasteiger partial charge is 0.493 e. The molecule has 0 fully saturated rings. The van der Waals surface area contributed by atoms with Gasteiger partial charge in [0.25, 0.3) is 11.8 Å². The minimum Gasteiger partial charge on any atom is -0.493 e. The highest BCUT2D eigenvalue weighted by atomic mass is 16.5. The van der Waals surface area contributed by atoms with Crippen molar-refractivity contribution in [2.24, 2.45) is 5.92 Å². The van der Waals surface area contributed by atoms with Gasteiger partial charge in [0.05, 0.1) is 19.6 Å². The standard InChI is InChI=1S/C25H30N2O5/c1-4-31-23(28)14-15-26-25(30)22(16-19-8-6-5-7-9-19)27-24(29)20-10-12-21(13-11-20)32-17-18(2)3/h5-13,16,18H,4,14-15,17H2,1-3H3,(H,26,30)(H,27,29)/b22-16-. The molecule has 0 aliphatic heterocycles. The molecule has 0 unspecified atom stereocenters. The van der Waals surface area contributed by atoms with Gasteiger partial charge < -0.3 is 20.1 Å². The van der Waals surface area contributed by atoms with E-state index >= 15 is 0 Å². The fourth-order valence-corrected chi connectivity index (χ4v) is 2.64. The van der Waals surface area contributed by atoms with E-state index in [1.807, 2.05) is 30.3 Å². The summed E-state index contributed by atoms with van der Waals surface area (Å²) in [7, 11) is 0. The second-order valence-electron chi connectivity index (χ2n) is 7.46. The van der Waals surface area contributed by atoms with Crippen LogP contribution < -0.4 is 15.4 Å². The Morgan fingerprint density at radius 3 is 2.31 bits per heavy atom. The van der Waals surface area contributed by atoms with Crippen molar-refractivity contribution < 1.29 is 23.9 Å². The predicted octanol–water partition coefficient (Wildman–Crippen LogP) is 3.56. The molecule has 0 saturated carbocycles. The number of amides is 2. The zero-order valence-electron chi connectivity index (χ0n) is 18.7. The molecule has 0 saturated heterocycles. The molecule has 2 aromatic carbocycles. The van der Waals surface area contributed by atoms with Crippen molar-refractivity contribution >= 4 is 23.9 Å². The lowest BCUT2D eigenvalue weighted by atomic mass is 10.1. The molecule has 0 aromatic heterocycles. The van der Waals surface area contributed by atoms with Crippen LogP contribution in [0.1, 0.15) is 43.1 Å². The molecule has 32 heavy (non-hydrogen) atoms. The number of nitrogens with one attached hydrogen (secondary N) is 2. The van der Waals surface area contributed by atoms with Crippen LogP contribution in [0.5, 0.6) is 5.75 Å². The summed E-state index contributed by atoms with van der Waals surface area (Å²) in [5, 5.41) is 5.31. The molecule has 170 valence electrons. The summed E-state index contributed by atoms with van der Waals surface area (Å²) < 4.78 is 10.5. The Labute approximate surface area is 188 Å². The van der Waals surface area contributed by atoms with E-state index in [2.05, 4.69) is 24.5 Å². The molecule has 0 bridgehead atoms. The summed E-state index contributed by atoms with van der Waals surface area (Å²) >= 11 is 0. The second kappa shape index (κ2) is 12.9. The highest BCUT2D eigenvalue weighted by molar-refractivity contribution is 6.05. The van der Waals surface area contributed by atoms with Crippen LogP contribution in [0.15, 0.2) is 60.3 Å². The first-order valence-corrected chi connectivity index (χ1v) is 10.6. The fourth-order valence-electron chi connectivity index (χ4n) is 2.64. The molecule has 7 heteroatoms. The topological polar surface area (TPSA) is 93.7 Å². The molecule has 2 rings (SSSR count). The van der Waals surface area contributed by atoms with Crippen molar-refractivity contribution in [2.75, 3.05) is 19.8 Å². The molecule has 2 aromatic rings. The predicted molar refractivity (Wildman–Crippen MR) is 123 cm³/mol. The number of carbonyl (C=O) groups is 3. The zero-order valence-corrected chi connectivity index (χ0v) is 18.7. The van der Waals surface area contributed by atoms with Gasteiger partial charge in [-0.05, 0) is 48.7 Å². The second-order valence-corrected chi connectivity index (χ2v) is 7.46. The van der Waals surface area contributed by atoms with E-state index in [9.17, 15) is 14.4 Å². The van der Waals surface area contributed by atoms with E-state index in [-0.39, 0.29) is 25.3 Å². The van der Waals surface area contributed by atoms with E-state index < -0.39 is 17.8 Å². The van der Waals surface area contributed by atoms with Crippen LogP contribution in [0.3, 0.4) is 0 Å². The SMILES string of the molecule is CCOC(=O)CCNC(=O)/C(=C/c1ccccc1)NC(=O)c1ccc(OCC(C)C)cc1. The molecular weight excluding hydrogens is 408 g/mol. The van der Waals surface area contributed by atoms with E-state index in [4.69, 9.17) is 9.47 Å². The number of hydrogen-bond acceptors (Lipinski definition) is 5. The van der Waals surface area contributed by atoms with Gasteiger partial charge in [0.2, 0.25) is 0 Å². The maximum atomic E-state index is 12.7. The van der Waals surface area contributed by atoms with Crippen LogP contribution in [-0.2, 0) is 14.3 Å². The molecule has 0 atom stereocenters. The molecule has 0 heterocycles. The molecule has 0 aliphatic rings.